The lowest BCUT2D eigenvalue weighted by atomic mass is 10.2. The smallest absolute Gasteiger partial charge is 0.311 e. The second-order valence-corrected chi connectivity index (χ2v) is 7.49. The summed E-state index contributed by atoms with van der Waals surface area (Å²) in [4.78, 5) is 17.9. The largest absolute Gasteiger partial charge is 0.396 e. The van der Waals surface area contributed by atoms with E-state index in [0.29, 0.717) is 36.2 Å². The van der Waals surface area contributed by atoms with Gasteiger partial charge < -0.3 is 27.8 Å². The molecule has 0 atom stereocenters. The highest BCUT2D eigenvalue weighted by Crippen LogP contribution is 2.21. The monoisotopic (exact) mass is 494 g/mol. The van der Waals surface area contributed by atoms with E-state index in [1.54, 1.807) is 36.4 Å². The summed E-state index contributed by atoms with van der Waals surface area (Å²) < 4.78 is 25.4. The van der Waals surface area contributed by atoms with Crippen LogP contribution in [0.25, 0.3) is 0 Å². The van der Waals surface area contributed by atoms with Crippen molar-refractivity contribution in [2.45, 2.75) is 13.1 Å². The molecule has 0 aliphatic rings. The Morgan fingerprint density at radius 3 is 1.56 bits per heavy atom. The van der Waals surface area contributed by atoms with E-state index in [0.717, 1.165) is 11.1 Å². The fourth-order valence-electron chi connectivity index (χ4n) is 2.89. The summed E-state index contributed by atoms with van der Waals surface area (Å²) in [5.74, 6) is 0.668. The summed E-state index contributed by atoms with van der Waals surface area (Å²) >= 11 is 0. The Hall–Kier alpha value is -5.00. The number of nitrogens with two attached hydrogens (primary N) is 3. The molecule has 0 unspecified atom stereocenters. The van der Waals surface area contributed by atoms with E-state index in [-0.39, 0.29) is 23.1 Å². The third-order valence-corrected chi connectivity index (χ3v) is 4.83. The summed E-state index contributed by atoms with van der Waals surface area (Å²) in [7, 11) is 0. The molecule has 36 heavy (non-hydrogen) atoms. The Bertz CT molecular complexity index is 1320. The van der Waals surface area contributed by atoms with Crippen LogP contribution in [0.4, 0.5) is 43.4 Å². The molecule has 186 valence electrons. The molecule has 12 heteroatoms. The molecular weight excluding hydrogens is 470 g/mol. The van der Waals surface area contributed by atoms with Crippen LogP contribution >= 0.6 is 0 Å². The van der Waals surface area contributed by atoms with E-state index in [1.807, 2.05) is 0 Å². The number of nitrogens with one attached hydrogen (secondary N) is 2. The molecule has 0 bridgehead atoms. The van der Waals surface area contributed by atoms with Gasteiger partial charge in [-0.05, 0) is 53.6 Å². The number of nitro groups is 1. The molecule has 0 spiro atoms. The van der Waals surface area contributed by atoms with Crippen LogP contribution in [-0.2, 0) is 13.1 Å². The maximum absolute atomic E-state index is 12.7. The predicted octanol–water partition coefficient (Wildman–Crippen LogP) is 4.32. The average Bonchev–Trinajstić information content (AvgIpc) is 2.85. The standard InChI is InChI=1S/C12H11FN4O2.C12H13FN4/c13-9-3-1-8(2-4-9)7-15-11-6-5-10(17(18)19)12(14)16-11;13-9-3-1-8(2-4-9)7-16-11-6-5-10(14)12(15)17-11/h1-6H,7H2,(H3,14,15,16);1-6H,7,14H2,(H3,15,16,17). The molecule has 0 saturated carbocycles. The zero-order valence-corrected chi connectivity index (χ0v) is 19.0. The van der Waals surface area contributed by atoms with Gasteiger partial charge >= 0.3 is 5.69 Å². The normalized spacial score (nSPS) is 10.2. The van der Waals surface area contributed by atoms with Gasteiger partial charge in [0.1, 0.15) is 29.1 Å². The van der Waals surface area contributed by atoms with Crippen molar-refractivity contribution in [1.29, 1.82) is 0 Å². The maximum atomic E-state index is 12.7. The van der Waals surface area contributed by atoms with Gasteiger partial charge in [0.05, 0.1) is 10.6 Å². The number of pyridine rings is 2. The van der Waals surface area contributed by atoms with Crippen molar-refractivity contribution in [2.24, 2.45) is 0 Å². The van der Waals surface area contributed by atoms with Crippen LogP contribution in [-0.4, -0.2) is 14.9 Å². The van der Waals surface area contributed by atoms with Gasteiger partial charge in [-0.15, -0.1) is 0 Å². The van der Waals surface area contributed by atoms with Crippen LogP contribution in [0.2, 0.25) is 0 Å². The molecule has 10 nitrogen and oxygen atoms in total. The number of hydrogen-bond donors (Lipinski definition) is 5. The molecule has 0 saturated heterocycles. The molecule has 0 amide bonds. The van der Waals surface area contributed by atoms with Crippen molar-refractivity contribution in [2.75, 3.05) is 27.8 Å². The van der Waals surface area contributed by atoms with Crippen LogP contribution in [0.15, 0.2) is 72.8 Å². The number of anilines is 5. The zero-order valence-electron chi connectivity index (χ0n) is 19.0. The highest BCUT2D eigenvalue weighted by Gasteiger charge is 2.12. The molecule has 0 fully saturated rings. The van der Waals surface area contributed by atoms with Crippen molar-refractivity contribution in [3.8, 4) is 0 Å². The molecule has 8 N–H and O–H groups in total. The van der Waals surface area contributed by atoms with Crippen molar-refractivity contribution < 1.29 is 13.7 Å². The molecule has 2 heterocycles. The Morgan fingerprint density at radius 2 is 1.14 bits per heavy atom. The summed E-state index contributed by atoms with van der Waals surface area (Å²) in [6.07, 6.45) is 0. The first-order valence-corrected chi connectivity index (χ1v) is 10.6. The number of aromatic nitrogens is 2. The van der Waals surface area contributed by atoms with Crippen LogP contribution < -0.4 is 27.8 Å². The number of nitrogen functional groups attached to an aromatic ring is 3. The van der Waals surface area contributed by atoms with Gasteiger partial charge in [-0.25, -0.2) is 18.7 Å². The number of halogens is 2. The Balaban J connectivity index is 0.000000202. The van der Waals surface area contributed by atoms with Gasteiger partial charge in [-0.1, -0.05) is 24.3 Å². The van der Waals surface area contributed by atoms with E-state index < -0.39 is 4.92 Å². The summed E-state index contributed by atoms with van der Waals surface area (Å²) in [6.45, 7) is 0.973. The van der Waals surface area contributed by atoms with Crippen LogP contribution in [0.3, 0.4) is 0 Å². The Morgan fingerprint density at radius 1 is 0.694 bits per heavy atom. The first-order chi connectivity index (χ1) is 17.2. The highest BCUT2D eigenvalue weighted by molar-refractivity contribution is 5.61. The minimum atomic E-state index is -0.591. The molecule has 0 radical (unpaired) electrons. The highest BCUT2D eigenvalue weighted by atomic mass is 19.1. The maximum Gasteiger partial charge on any atom is 0.311 e. The topological polar surface area (TPSA) is 171 Å². The van der Waals surface area contributed by atoms with E-state index >= 15 is 0 Å². The van der Waals surface area contributed by atoms with Gasteiger partial charge in [0, 0.05) is 19.2 Å². The van der Waals surface area contributed by atoms with Gasteiger partial charge in [0.25, 0.3) is 0 Å². The van der Waals surface area contributed by atoms with E-state index in [4.69, 9.17) is 17.2 Å². The number of nitrogens with zero attached hydrogens (tertiary/aromatic N) is 3. The third-order valence-electron chi connectivity index (χ3n) is 4.83. The lowest BCUT2D eigenvalue weighted by molar-refractivity contribution is -0.384. The van der Waals surface area contributed by atoms with Crippen molar-refractivity contribution in [3.05, 3.63) is 106 Å². The molecule has 4 rings (SSSR count). The van der Waals surface area contributed by atoms with Crippen molar-refractivity contribution >= 4 is 34.6 Å². The SMILES string of the molecule is Nc1ccc(NCc2ccc(F)cc2)nc1N.Nc1nc(NCc2ccc(F)cc2)ccc1[N+](=O)[O-]. The van der Waals surface area contributed by atoms with Crippen LogP contribution in [0.5, 0.6) is 0 Å². The van der Waals surface area contributed by atoms with Gasteiger partial charge in [-0.2, -0.15) is 0 Å². The fraction of sp³-hybridized carbons (Fsp3) is 0.0833. The van der Waals surface area contributed by atoms with Crippen LogP contribution in [0.1, 0.15) is 11.1 Å². The second kappa shape index (κ2) is 11.9. The second-order valence-electron chi connectivity index (χ2n) is 7.49. The van der Waals surface area contributed by atoms with Gasteiger partial charge in [0.2, 0.25) is 5.82 Å². The Labute approximate surface area is 205 Å². The van der Waals surface area contributed by atoms with E-state index in [2.05, 4.69) is 20.6 Å². The molecule has 4 aromatic rings. The van der Waals surface area contributed by atoms with Gasteiger partial charge in [-0.3, -0.25) is 10.1 Å². The molecule has 2 aromatic heterocycles. The minimum Gasteiger partial charge on any atom is -0.396 e. The summed E-state index contributed by atoms with van der Waals surface area (Å²) in [6, 6.07) is 18.4. The zero-order chi connectivity index (χ0) is 26.1. The molecule has 0 aliphatic carbocycles. The number of rotatable bonds is 7. The number of benzene rings is 2. The molecule has 2 aromatic carbocycles. The van der Waals surface area contributed by atoms with Crippen LogP contribution in [0, 0.1) is 21.7 Å². The molecular formula is C24H24F2N8O2. The fourth-order valence-corrected chi connectivity index (χ4v) is 2.89. The van der Waals surface area contributed by atoms with Crippen molar-refractivity contribution in [1.82, 2.24) is 9.97 Å². The minimum absolute atomic E-state index is 0.144. The lowest BCUT2D eigenvalue weighted by Crippen LogP contribution is -2.04. The quantitative estimate of drug-likeness (QED) is 0.185. The molecule has 0 aliphatic heterocycles. The van der Waals surface area contributed by atoms with E-state index in [9.17, 15) is 18.9 Å². The number of hydrogen-bond acceptors (Lipinski definition) is 9. The first-order valence-electron chi connectivity index (χ1n) is 10.6. The average molecular weight is 495 g/mol. The third kappa shape index (κ3) is 7.52. The lowest BCUT2D eigenvalue weighted by Gasteiger charge is -2.07. The van der Waals surface area contributed by atoms with Crippen molar-refractivity contribution in [3.63, 3.8) is 0 Å². The first kappa shape index (κ1) is 25.6. The van der Waals surface area contributed by atoms with Gasteiger partial charge in [0.15, 0.2) is 0 Å². The summed E-state index contributed by atoms with van der Waals surface area (Å²) in [5, 5.41) is 16.6. The predicted molar refractivity (Wildman–Crippen MR) is 136 cm³/mol. The summed E-state index contributed by atoms with van der Waals surface area (Å²) in [5.41, 5.74) is 18.7. The Kier molecular flexibility index (Phi) is 8.49. The van der Waals surface area contributed by atoms with E-state index in [1.165, 1.54) is 36.4 Å².